The van der Waals surface area contributed by atoms with Gasteiger partial charge in [0.1, 0.15) is 11.3 Å². The average molecular weight is 210 g/mol. The minimum atomic E-state index is -0.297. The summed E-state index contributed by atoms with van der Waals surface area (Å²) in [5, 5.41) is 0.998. The van der Waals surface area contributed by atoms with Crippen molar-refractivity contribution in [1.29, 1.82) is 0 Å². The van der Waals surface area contributed by atoms with Crippen molar-refractivity contribution in [2.45, 2.75) is 19.8 Å². The molecule has 0 bridgehead atoms. The molecule has 0 aliphatic heterocycles. The van der Waals surface area contributed by atoms with E-state index in [4.69, 9.17) is 5.73 Å². The highest BCUT2D eigenvalue weighted by molar-refractivity contribution is 7.18. The van der Waals surface area contributed by atoms with E-state index in [1.807, 2.05) is 0 Å². The Morgan fingerprint density at radius 2 is 2.14 bits per heavy atom. The number of nitrogens with two attached hydrogens (primary N) is 1. The van der Waals surface area contributed by atoms with Crippen LogP contribution in [0.25, 0.3) is 10.2 Å². The van der Waals surface area contributed by atoms with Crippen LogP contribution in [0, 0.1) is 5.82 Å². The Morgan fingerprint density at radius 3 is 2.79 bits per heavy atom. The minimum absolute atomic E-state index is 0.297. The number of rotatable bonds is 1. The molecule has 1 aromatic heterocycles. The maximum atomic E-state index is 13.0. The highest BCUT2D eigenvalue weighted by Crippen LogP contribution is 2.31. The number of nitrogen functional groups attached to an aromatic ring is 1. The highest BCUT2D eigenvalue weighted by Gasteiger charge is 2.10. The lowest BCUT2D eigenvalue weighted by molar-refractivity contribution is 0.630. The monoisotopic (exact) mass is 210 g/mol. The number of hydrogen-bond acceptors (Lipinski definition) is 3. The first kappa shape index (κ1) is 9.40. The number of halogens is 1. The largest absolute Gasteiger partial charge is 0.397 e. The van der Waals surface area contributed by atoms with Crippen LogP contribution in [-0.4, -0.2) is 4.98 Å². The molecule has 1 aromatic carbocycles. The number of hydrogen-bond donors (Lipinski definition) is 1. The van der Waals surface area contributed by atoms with Gasteiger partial charge in [-0.25, -0.2) is 9.37 Å². The van der Waals surface area contributed by atoms with Gasteiger partial charge in [-0.2, -0.15) is 0 Å². The van der Waals surface area contributed by atoms with Gasteiger partial charge in [0, 0.05) is 5.92 Å². The first-order valence-corrected chi connectivity index (χ1v) is 5.25. The molecule has 0 aliphatic carbocycles. The van der Waals surface area contributed by atoms with E-state index in [0.717, 1.165) is 15.2 Å². The van der Waals surface area contributed by atoms with Crippen molar-refractivity contribution in [2.24, 2.45) is 0 Å². The molecule has 0 amide bonds. The molecular formula is C10H11FN2S. The Labute approximate surface area is 85.6 Å². The van der Waals surface area contributed by atoms with E-state index < -0.39 is 0 Å². The molecule has 0 radical (unpaired) electrons. The summed E-state index contributed by atoms with van der Waals surface area (Å²) in [5.41, 5.74) is 6.82. The Kier molecular flexibility index (Phi) is 2.15. The van der Waals surface area contributed by atoms with E-state index in [-0.39, 0.29) is 5.82 Å². The summed E-state index contributed by atoms with van der Waals surface area (Å²) in [4.78, 5) is 4.38. The topological polar surface area (TPSA) is 38.9 Å². The summed E-state index contributed by atoms with van der Waals surface area (Å²) in [6.07, 6.45) is 0. The van der Waals surface area contributed by atoms with Crippen LogP contribution in [0.3, 0.4) is 0 Å². The molecule has 1 heterocycles. The molecular weight excluding hydrogens is 199 g/mol. The smallest absolute Gasteiger partial charge is 0.126 e. The van der Waals surface area contributed by atoms with Crippen LogP contribution in [0.2, 0.25) is 0 Å². The zero-order valence-electron chi connectivity index (χ0n) is 8.04. The summed E-state index contributed by atoms with van der Waals surface area (Å²) in [5.74, 6) is 0.0591. The molecule has 2 aromatic rings. The zero-order valence-corrected chi connectivity index (χ0v) is 8.86. The van der Waals surface area contributed by atoms with Crippen molar-refractivity contribution < 1.29 is 4.39 Å². The van der Waals surface area contributed by atoms with E-state index in [1.165, 1.54) is 23.5 Å². The van der Waals surface area contributed by atoms with Crippen LogP contribution in [0.4, 0.5) is 10.1 Å². The van der Waals surface area contributed by atoms with Crippen LogP contribution in [0.15, 0.2) is 12.1 Å². The lowest BCUT2D eigenvalue weighted by atomic mass is 10.2. The van der Waals surface area contributed by atoms with Crippen LogP contribution in [0.5, 0.6) is 0 Å². The molecule has 0 saturated carbocycles. The van der Waals surface area contributed by atoms with Gasteiger partial charge in [0.05, 0.1) is 15.4 Å². The van der Waals surface area contributed by atoms with E-state index in [1.54, 1.807) is 0 Å². The number of benzene rings is 1. The van der Waals surface area contributed by atoms with Gasteiger partial charge >= 0.3 is 0 Å². The summed E-state index contributed by atoms with van der Waals surface area (Å²) < 4.78 is 13.8. The molecule has 14 heavy (non-hydrogen) atoms. The summed E-state index contributed by atoms with van der Waals surface area (Å²) in [7, 11) is 0. The van der Waals surface area contributed by atoms with Gasteiger partial charge in [-0.15, -0.1) is 11.3 Å². The van der Waals surface area contributed by atoms with Crippen molar-refractivity contribution in [3.05, 3.63) is 23.0 Å². The average Bonchev–Trinajstić information content (AvgIpc) is 2.47. The summed E-state index contributed by atoms with van der Waals surface area (Å²) >= 11 is 1.50. The highest BCUT2D eigenvalue weighted by atomic mass is 32.1. The number of thiazole rings is 1. The fourth-order valence-electron chi connectivity index (χ4n) is 1.28. The van der Waals surface area contributed by atoms with Gasteiger partial charge in [-0.1, -0.05) is 13.8 Å². The molecule has 0 fully saturated rings. The van der Waals surface area contributed by atoms with Gasteiger partial charge in [0.15, 0.2) is 0 Å². The Bertz CT molecular complexity index is 476. The SMILES string of the molecule is CC(C)c1nc2c(N)cc(F)cc2s1. The van der Waals surface area contributed by atoms with Crippen molar-refractivity contribution in [1.82, 2.24) is 4.98 Å². The fraction of sp³-hybridized carbons (Fsp3) is 0.300. The van der Waals surface area contributed by atoms with Gasteiger partial charge in [0.2, 0.25) is 0 Å². The van der Waals surface area contributed by atoms with Gasteiger partial charge < -0.3 is 5.73 Å². The van der Waals surface area contributed by atoms with Gasteiger partial charge in [-0.3, -0.25) is 0 Å². The van der Waals surface area contributed by atoms with Crippen LogP contribution >= 0.6 is 11.3 Å². The van der Waals surface area contributed by atoms with Crippen molar-refractivity contribution in [3.8, 4) is 0 Å². The van der Waals surface area contributed by atoms with Gasteiger partial charge in [-0.05, 0) is 12.1 Å². The molecule has 2 rings (SSSR count). The second kappa shape index (κ2) is 3.20. The van der Waals surface area contributed by atoms with Crippen LogP contribution in [-0.2, 0) is 0 Å². The quantitative estimate of drug-likeness (QED) is 0.734. The standard InChI is InChI=1S/C10H11FN2S/c1-5(2)10-13-9-7(12)3-6(11)4-8(9)14-10/h3-5H,12H2,1-2H3. The predicted octanol–water partition coefficient (Wildman–Crippen LogP) is 3.14. The van der Waals surface area contributed by atoms with E-state index >= 15 is 0 Å². The van der Waals surface area contributed by atoms with Crippen molar-refractivity contribution >= 4 is 27.2 Å². The minimum Gasteiger partial charge on any atom is -0.397 e. The second-order valence-electron chi connectivity index (χ2n) is 3.55. The molecule has 0 saturated heterocycles. The Hall–Kier alpha value is -1.16. The first-order chi connectivity index (χ1) is 6.58. The molecule has 0 aliphatic rings. The van der Waals surface area contributed by atoms with E-state index in [0.29, 0.717) is 11.6 Å². The Balaban J connectivity index is 2.70. The number of aromatic nitrogens is 1. The van der Waals surface area contributed by atoms with Crippen LogP contribution < -0.4 is 5.73 Å². The number of anilines is 1. The summed E-state index contributed by atoms with van der Waals surface area (Å²) in [6.45, 7) is 4.12. The maximum Gasteiger partial charge on any atom is 0.126 e. The zero-order chi connectivity index (χ0) is 10.3. The normalized spacial score (nSPS) is 11.4. The third-order valence-electron chi connectivity index (χ3n) is 2.00. The molecule has 0 unspecified atom stereocenters. The Morgan fingerprint density at radius 1 is 1.43 bits per heavy atom. The second-order valence-corrected chi connectivity index (χ2v) is 4.61. The lowest BCUT2D eigenvalue weighted by Crippen LogP contribution is -1.89. The van der Waals surface area contributed by atoms with Crippen molar-refractivity contribution in [3.63, 3.8) is 0 Å². The van der Waals surface area contributed by atoms with Crippen molar-refractivity contribution in [2.75, 3.05) is 5.73 Å². The summed E-state index contributed by atoms with van der Waals surface area (Å²) in [6, 6.07) is 2.79. The predicted molar refractivity (Wildman–Crippen MR) is 58.1 cm³/mol. The molecule has 2 nitrogen and oxygen atoms in total. The fourth-order valence-corrected chi connectivity index (χ4v) is 2.31. The molecule has 0 spiro atoms. The molecule has 74 valence electrons. The molecule has 4 heteroatoms. The lowest BCUT2D eigenvalue weighted by Gasteiger charge is -1.95. The molecule has 2 N–H and O–H groups in total. The third-order valence-corrected chi connectivity index (χ3v) is 3.30. The van der Waals surface area contributed by atoms with Gasteiger partial charge in [0.25, 0.3) is 0 Å². The van der Waals surface area contributed by atoms with E-state index in [9.17, 15) is 4.39 Å². The van der Waals surface area contributed by atoms with E-state index in [2.05, 4.69) is 18.8 Å². The maximum absolute atomic E-state index is 13.0. The van der Waals surface area contributed by atoms with Crippen LogP contribution in [0.1, 0.15) is 24.8 Å². The molecule has 0 atom stereocenters. The first-order valence-electron chi connectivity index (χ1n) is 4.43. The number of nitrogens with zero attached hydrogens (tertiary/aromatic N) is 1. The number of fused-ring (bicyclic) bond motifs is 1. The third kappa shape index (κ3) is 1.46.